The standard InChI is InChI=1S/C20H18N2O4/c1-14-5-8-16(9-6-14)22-21-13-15-7-10-17(19(12-15)24-2)26-20(23)18-4-3-11-25-18/h3-13,22H,1-2H3/b21-13+. The maximum absolute atomic E-state index is 12.0. The molecule has 0 aliphatic carbocycles. The zero-order valence-electron chi connectivity index (χ0n) is 14.4. The van der Waals surface area contributed by atoms with Gasteiger partial charge in [-0.25, -0.2) is 4.79 Å². The van der Waals surface area contributed by atoms with Gasteiger partial charge in [-0.3, -0.25) is 5.43 Å². The number of carbonyl (C=O) groups excluding carboxylic acids is 1. The van der Waals surface area contributed by atoms with Gasteiger partial charge in [-0.1, -0.05) is 17.7 Å². The van der Waals surface area contributed by atoms with Gasteiger partial charge in [0, 0.05) is 0 Å². The van der Waals surface area contributed by atoms with Gasteiger partial charge >= 0.3 is 5.97 Å². The molecule has 0 bridgehead atoms. The number of hydrogen-bond donors (Lipinski definition) is 1. The molecule has 3 rings (SSSR count). The number of nitrogens with one attached hydrogen (secondary N) is 1. The Morgan fingerprint density at radius 1 is 1.12 bits per heavy atom. The van der Waals surface area contributed by atoms with Crippen molar-refractivity contribution in [1.82, 2.24) is 0 Å². The number of methoxy groups -OCH3 is 1. The topological polar surface area (TPSA) is 73.1 Å². The first-order valence-corrected chi connectivity index (χ1v) is 7.95. The first kappa shape index (κ1) is 17.3. The van der Waals surface area contributed by atoms with Crippen molar-refractivity contribution >= 4 is 17.9 Å². The van der Waals surface area contributed by atoms with Crippen molar-refractivity contribution in [3.8, 4) is 11.5 Å². The van der Waals surface area contributed by atoms with E-state index in [0.717, 1.165) is 11.3 Å². The van der Waals surface area contributed by atoms with E-state index in [1.807, 2.05) is 31.2 Å². The Labute approximate surface area is 151 Å². The average Bonchev–Trinajstić information content (AvgIpc) is 3.19. The molecule has 1 aromatic heterocycles. The number of nitrogens with zero attached hydrogens (tertiary/aromatic N) is 1. The van der Waals surface area contributed by atoms with Crippen LogP contribution in [-0.4, -0.2) is 19.3 Å². The van der Waals surface area contributed by atoms with Crippen LogP contribution in [0.4, 0.5) is 5.69 Å². The summed E-state index contributed by atoms with van der Waals surface area (Å²) < 4.78 is 15.6. The van der Waals surface area contributed by atoms with Crippen molar-refractivity contribution in [2.75, 3.05) is 12.5 Å². The second-order valence-electron chi connectivity index (χ2n) is 5.51. The quantitative estimate of drug-likeness (QED) is 0.311. The summed E-state index contributed by atoms with van der Waals surface area (Å²) in [6.45, 7) is 2.03. The Kier molecular flexibility index (Phi) is 5.34. The maximum Gasteiger partial charge on any atom is 0.379 e. The molecule has 0 atom stereocenters. The number of esters is 1. The number of carbonyl (C=O) groups is 1. The number of ether oxygens (including phenoxy) is 2. The van der Waals surface area contributed by atoms with Crippen molar-refractivity contribution in [3.05, 3.63) is 77.7 Å². The molecule has 0 saturated carbocycles. The lowest BCUT2D eigenvalue weighted by Crippen LogP contribution is -2.08. The van der Waals surface area contributed by atoms with Crippen LogP contribution in [0, 0.1) is 6.92 Å². The highest BCUT2D eigenvalue weighted by atomic mass is 16.6. The Morgan fingerprint density at radius 2 is 1.92 bits per heavy atom. The molecule has 0 amide bonds. The number of rotatable bonds is 6. The third kappa shape index (κ3) is 4.30. The molecule has 0 radical (unpaired) electrons. The molecule has 6 heteroatoms. The number of hydrazone groups is 1. The van der Waals surface area contributed by atoms with Gasteiger partial charge in [0.05, 0.1) is 25.3 Å². The first-order valence-electron chi connectivity index (χ1n) is 7.95. The summed E-state index contributed by atoms with van der Waals surface area (Å²) in [5, 5.41) is 4.19. The highest BCUT2D eigenvalue weighted by molar-refractivity contribution is 5.89. The number of aryl methyl sites for hydroxylation is 1. The van der Waals surface area contributed by atoms with E-state index in [1.54, 1.807) is 30.5 Å². The van der Waals surface area contributed by atoms with Crippen molar-refractivity contribution in [3.63, 3.8) is 0 Å². The van der Waals surface area contributed by atoms with E-state index in [1.165, 1.54) is 25.0 Å². The summed E-state index contributed by atoms with van der Waals surface area (Å²) in [5.41, 5.74) is 5.82. The van der Waals surface area contributed by atoms with Gasteiger partial charge in [-0.05, 0) is 55.0 Å². The Bertz CT molecular complexity index is 900. The smallest absolute Gasteiger partial charge is 0.379 e. The third-order valence-corrected chi connectivity index (χ3v) is 3.57. The molecule has 1 heterocycles. The summed E-state index contributed by atoms with van der Waals surface area (Å²) in [4.78, 5) is 12.0. The monoisotopic (exact) mass is 350 g/mol. The van der Waals surface area contributed by atoms with E-state index >= 15 is 0 Å². The minimum atomic E-state index is -0.587. The van der Waals surface area contributed by atoms with Crippen molar-refractivity contribution in [2.45, 2.75) is 6.92 Å². The van der Waals surface area contributed by atoms with Crippen LogP contribution in [0.5, 0.6) is 11.5 Å². The second kappa shape index (κ2) is 8.02. The molecule has 3 aromatic rings. The molecule has 0 saturated heterocycles. The van der Waals surface area contributed by atoms with E-state index in [-0.39, 0.29) is 5.76 Å². The van der Waals surface area contributed by atoms with E-state index in [9.17, 15) is 4.79 Å². The van der Waals surface area contributed by atoms with Crippen LogP contribution in [0.25, 0.3) is 0 Å². The Morgan fingerprint density at radius 3 is 2.62 bits per heavy atom. The molecule has 0 unspecified atom stereocenters. The van der Waals surface area contributed by atoms with Crippen LogP contribution in [0.1, 0.15) is 21.7 Å². The zero-order valence-corrected chi connectivity index (χ0v) is 14.4. The fraction of sp³-hybridized carbons (Fsp3) is 0.100. The van der Waals surface area contributed by atoms with Crippen LogP contribution >= 0.6 is 0 Å². The molecule has 0 fully saturated rings. The highest BCUT2D eigenvalue weighted by Crippen LogP contribution is 2.28. The molecule has 1 N–H and O–H groups in total. The zero-order chi connectivity index (χ0) is 18.4. The fourth-order valence-electron chi connectivity index (χ4n) is 2.20. The van der Waals surface area contributed by atoms with E-state index in [4.69, 9.17) is 13.9 Å². The molecule has 6 nitrogen and oxygen atoms in total. The van der Waals surface area contributed by atoms with E-state index in [0.29, 0.717) is 11.5 Å². The predicted octanol–water partition coefficient (Wildman–Crippen LogP) is 4.26. The van der Waals surface area contributed by atoms with Gasteiger partial charge < -0.3 is 13.9 Å². The SMILES string of the molecule is COc1cc(/C=N/Nc2ccc(C)cc2)ccc1OC(=O)c1ccco1. The number of furan rings is 1. The summed E-state index contributed by atoms with van der Waals surface area (Å²) in [6.07, 6.45) is 3.06. The molecule has 0 aliphatic heterocycles. The number of benzene rings is 2. The van der Waals surface area contributed by atoms with Crippen LogP contribution in [0.3, 0.4) is 0 Å². The minimum absolute atomic E-state index is 0.125. The summed E-state index contributed by atoms with van der Waals surface area (Å²) >= 11 is 0. The van der Waals surface area contributed by atoms with Crippen LogP contribution in [0.2, 0.25) is 0 Å². The Balaban J connectivity index is 1.68. The number of hydrogen-bond acceptors (Lipinski definition) is 6. The third-order valence-electron chi connectivity index (χ3n) is 3.57. The molecule has 132 valence electrons. The second-order valence-corrected chi connectivity index (χ2v) is 5.51. The van der Waals surface area contributed by atoms with Crippen LogP contribution in [0.15, 0.2) is 70.4 Å². The van der Waals surface area contributed by atoms with E-state index < -0.39 is 5.97 Å². The summed E-state index contributed by atoms with van der Waals surface area (Å²) in [5.74, 6) is 0.262. The van der Waals surface area contributed by atoms with Gasteiger partial charge in [0.1, 0.15) is 0 Å². The van der Waals surface area contributed by atoms with Crippen molar-refractivity contribution in [1.29, 1.82) is 0 Å². The number of anilines is 1. The van der Waals surface area contributed by atoms with E-state index in [2.05, 4.69) is 10.5 Å². The van der Waals surface area contributed by atoms with Gasteiger partial charge in [-0.15, -0.1) is 0 Å². The molecule has 0 spiro atoms. The Hall–Kier alpha value is -3.54. The fourth-order valence-corrected chi connectivity index (χ4v) is 2.20. The lowest BCUT2D eigenvalue weighted by molar-refractivity contribution is 0.0696. The van der Waals surface area contributed by atoms with Crippen LogP contribution in [-0.2, 0) is 0 Å². The maximum atomic E-state index is 12.0. The minimum Gasteiger partial charge on any atom is -0.493 e. The van der Waals surface area contributed by atoms with Gasteiger partial charge in [0.25, 0.3) is 0 Å². The van der Waals surface area contributed by atoms with Gasteiger partial charge in [0.2, 0.25) is 5.76 Å². The van der Waals surface area contributed by atoms with Gasteiger partial charge in [0.15, 0.2) is 11.5 Å². The van der Waals surface area contributed by atoms with Gasteiger partial charge in [-0.2, -0.15) is 5.10 Å². The molecule has 26 heavy (non-hydrogen) atoms. The normalized spacial score (nSPS) is 10.7. The lowest BCUT2D eigenvalue weighted by Gasteiger charge is -2.09. The van der Waals surface area contributed by atoms with Crippen molar-refractivity contribution in [2.24, 2.45) is 5.10 Å². The highest BCUT2D eigenvalue weighted by Gasteiger charge is 2.14. The molecule has 2 aromatic carbocycles. The first-order chi connectivity index (χ1) is 12.7. The lowest BCUT2D eigenvalue weighted by atomic mass is 10.2. The average molecular weight is 350 g/mol. The van der Waals surface area contributed by atoms with Crippen LogP contribution < -0.4 is 14.9 Å². The largest absolute Gasteiger partial charge is 0.493 e. The van der Waals surface area contributed by atoms with Crippen molar-refractivity contribution < 1.29 is 18.7 Å². The predicted molar refractivity (Wildman–Crippen MR) is 99.1 cm³/mol. The molecular formula is C20H18N2O4. The molecule has 0 aliphatic rings. The summed E-state index contributed by atoms with van der Waals surface area (Å²) in [7, 11) is 1.50. The molecular weight excluding hydrogens is 332 g/mol. The summed E-state index contributed by atoms with van der Waals surface area (Å²) in [6, 6.07) is 16.2.